The van der Waals surface area contributed by atoms with E-state index < -0.39 is 5.97 Å². The van der Waals surface area contributed by atoms with Crippen molar-refractivity contribution in [3.05, 3.63) is 0 Å². The number of hydrogen-bond donors (Lipinski definition) is 3. The molecule has 2 rings (SSSR count). The molecule has 6 heteroatoms. The Morgan fingerprint density at radius 3 is 2.62 bits per heavy atom. The predicted octanol–water partition coefficient (Wildman–Crippen LogP) is 1.29. The highest BCUT2D eigenvalue weighted by atomic mass is 16.4. The van der Waals surface area contributed by atoms with Gasteiger partial charge in [0.15, 0.2) is 0 Å². The average molecular weight is 298 g/mol. The summed E-state index contributed by atoms with van der Waals surface area (Å²) in [4.78, 5) is 25.1. The Kier molecular flexibility index (Phi) is 5.45. The Morgan fingerprint density at radius 2 is 1.95 bits per heavy atom. The van der Waals surface area contributed by atoms with Crippen molar-refractivity contribution in [1.82, 2.24) is 10.2 Å². The lowest BCUT2D eigenvalue weighted by molar-refractivity contribution is -0.144. The third-order valence-corrected chi connectivity index (χ3v) is 4.89. The molecule has 3 N–H and O–H groups in total. The summed E-state index contributed by atoms with van der Waals surface area (Å²) in [6, 6.07) is -0.136. The standard InChI is InChI=1S/C15H26N2O4/c1-10-9-17(7-6-13(10)18)15(21)16-8-11-4-2-3-5-12(11)14(19)20/h10-13,18H,2-9H2,1H3,(H,16,21)(H,19,20). The number of hydrogen-bond acceptors (Lipinski definition) is 3. The van der Waals surface area contributed by atoms with Crippen molar-refractivity contribution < 1.29 is 19.8 Å². The van der Waals surface area contributed by atoms with Crippen LogP contribution < -0.4 is 5.32 Å². The molecule has 0 radical (unpaired) electrons. The van der Waals surface area contributed by atoms with Gasteiger partial charge in [-0.05, 0) is 31.1 Å². The summed E-state index contributed by atoms with van der Waals surface area (Å²) in [5, 5.41) is 21.8. The molecule has 21 heavy (non-hydrogen) atoms. The van der Waals surface area contributed by atoms with Gasteiger partial charge < -0.3 is 20.4 Å². The van der Waals surface area contributed by atoms with Crippen LogP contribution in [0.15, 0.2) is 0 Å². The molecular formula is C15H26N2O4. The Balaban J connectivity index is 1.81. The number of amides is 2. The molecular weight excluding hydrogens is 272 g/mol. The molecule has 0 spiro atoms. The molecule has 6 nitrogen and oxygen atoms in total. The van der Waals surface area contributed by atoms with Gasteiger partial charge in [0.1, 0.15) is 0 Å². The molecule has 2 amide bonds. The van der Waals surface area contributed by atoms with Crippen LogP contribution in [0.2, 0.25) is 0 Å². The van der Waals surface area contributed by atoms with Gasteiger partial charge in [-0.3, -0.25) is 4.79 Å². The lowest BCUT2D eigenvalue weighted by Gasteiger charge is -2.35. The predicted molar refractivity (Wildman–Crippen MR) is 77.8 cm³/mol. The number of aliphatic hydroxyl groups excluding tert-OH is 1. The van der Waals surface area contributed by atoms with Gasteiger partial charge in [0, 0.05) is 19.6 Å². The summed E-state index contributed by atoms with van der Waals surface area (Å²) in [7, 11) is 0. The van der Waals surface area contributed by atoms with Gasteiger partial charge in [-0.1, -0.05) is 19.8 Å². The van der Waals surface area contributed by atoms with E-state index in [0.29, 0.717) is 32.5 Å². The third-order valence-electron chi connectivity index (χ3n) is 4.89. The lowest BCUT2D eigenvalue weighted by Crippen LogP contribution is -2.50. The van der Waals surface area contributed by atoms with Crippen LogP contribution in [0, 0.1) is 17.8 Å². The number of urea groups is 1. The molecule has 1 heterocycles. The zero-order valence-corrected chi connectivity index (χ0v) is 12.6. The highest BCUT2D eigenvalue weighted by Gasteiger charge is 2.32. The van der Waals surface area contributed by atoms with Crippen LogP contribution in [0.4, 0.5) is 4.79 Å². The minimum Gasteiger partial charge on any atom is -0.481 e. The fourth-order valence-electron chi connectivity index (χ4n) is 3.42. The summed E-state index contributed by atoms with van der Waals surface area (Å²) < 4.78 is 0. The van der Waals surface area contributed by atoms with Crippen molar-refractivity contribution in [1.29, 1.82) is 0 Å². The van der Waals surface area contributed by atoms with Crippen LogP contribution >= 0.6 is 0 Å². The van der Waals surface area contributed by atoms with Crippen LogP contribution in [0.25, 0.3) is 0 Å². The monoisotopic (exact) mass is 298 g/mol. The molecule has 120 valence electrons. The van der Waals surface area contributed by atoms with E-state index >= 15 is 0 Å². The van der Waals surface area contributed by atoms with Crippen molar-refractivity contribution in [3.63, 3.8) is 0 Å². The largest absolute Gasteiger partial charge is 0.481 e. The number of likely N-dealkylation sites (tertiary alicyclic amines) is 1. The van der Waals surface area contributed by atoms with Crippen LogP contribution in [0.3, 0.4) is 0 Å². The first-order valence-corrected chi connectivity index (χ1v) is 7.92. The minimum atomic E-state index is -0.747. The summed E-state index contributed by atoms with van der Waals surface area (Å²) in [5.74, 6) is -0.955. The first kappa shape index (κ1) is 16.1. The van der Waals surface area contributed by atoms with Gasteiger partial charge in [-0.2, -0.15) is 0 Å². The molecule has 0 bridgehead atoms. The fraction of sp³-hybridized carbons (Fsp3) is 0.867. The third kappa shape index (κ3) is 4.09. The maximum Gasteiger partial charge on any atom is 0.317 e. The SMILES string of the molecule is CC1CN(C(=O)NCC2CCCCC2C(=O)O)CCC1O. The fourth-order valence-corrected chi connectivity index (χ4v) is 3.42. The molecule has 1 aliphatic heterocycles. The van der Waals surface area contributed by atoms with E-state index in [-0.39, 0.29) is 29.9 Å². The first-order valence-electron chi connectivity index (χ1n) is 7.92. The maximum atomic E-state index is 12.2. The molecule has 2 aliphatic rings. The minimum absolute atomic E-state index is 0.0352. The smallest absolute Gasteiger partial charge is 0.317 e. The Morgan fingerprint density at radius 1 is 1.24 bits per heavy atom. The van der Waals surface area contributed by atoms with Gasteiger partial charge in [0.25, 0.3) is 0 Å². The zero-order valence-electron chi connectivity index (χ0n) is 12.6. The highest BCUT2D eigenvalue weighted by molar-refractivity contribution is 5.74. The number of rotatable bonds is 3. The van der Waals surface area contributed by atoms with Crippen molar-refractivity contribution >= 4 is 12.0 Å². The van der Waals surface area contributed by atoms with Crippen LogP contribution in [0.1, 0.15) is 39.0 Å². The molecule has 1 aliphatic carbocycles. The Bertz CT molecular complexity index is 388. The van der Waals surface area contributed by atoms with E-state index in [4.69, 9.17) is 0 Å². The van der Waals surface area contributed by atoms with Crippen LogP contribution in [-0.4, -0.2) is 52.9 Å². The van der Waals surface area contributed by atoms with E-state index in [9.17, 15) is 19.8 Å². The number of carbonyl (C=O) groups excluding carboxylic acids is 1. The average Bonchev–Trinajstić information content (AvgIpc) is 2.47. The first-order chi connectivity index (χ1) is 9.99. The molecule has 4 atom stereocenters. The number of piperidine rings is 1. The van der Waals surface area contributed by atoms with Gasteiger partial charge in [-0.25, -0.2) is 4.79 Å². The molecule has 0 aromatic carbocycles. The second kappa shape index (κ2) is 7.11. The van der Waals surface area contributed by atoms with E-state index in [0.717, 1.165) is 19.3 Å². The molecule has 2 fully saturated rings. The number of carbonyl (C=O) groups is 2. The molecule has 1 saturated carbocycles. The number of aliphatic hydroxyl groups is 1. The van der Waals surface area contributed by atoms with Gasteiger partial charge in [0.05, 0.1) is 12.0 Å². The van der Waals surface area contributed by atoms with Crippen molar-refractivity contribution in [2.45, 2.75) is 45.1 Å². The van der Waals surface area contributed by atoms with Crippen LogP contribution in [0.5, 0.6) is 0 Å². The second-order valence-corrected chi connectivity index (χ2v) is 6.45. The van der Waals surface area contributed by atoms with Gasteiger partial charge in [0.2, 0.25) is 0 Å². The Labute approximate surface area is 125 Å². The topological polar surface area (TPSA) is 89.9 Å². The van der Waals surface area contributed by atoms with E-state index in [2.05, 4.69) is 5.32 Å². The summed E-state index contributed by atoms with van der Waals surface area (Å²) in [6.07, 6.45) is 3.86. The van der Waals surface area contributed by atoms with Crippen LogP contribution in [-0.2, 0) is 4.79 Å². The van der Waals surface area contributed by atoms with Gasteiger partial charge >= 0.3 is 12.0 Å². The molecule has 0 aromatic rings. The normalized spacial score (nSPS) is 33.5. The van der Waals surface area contributed by atoms with E-state index in [1.165, 1.54) is 0 Å². The number of nitrogens with zero attached hydrogens (tertiary/aromatic N) is 1. The maximum absolute atomic E-state index is 12.2. The van der Waals surface area contributed by atoms with Gasteiger partial charge in [-0.15, -0.1) is 0 Å². The summed E-state index contributed by atoms with van der Waals surface area (Å²) in [5.41, 5.74) is 0. The van der Waals surface area contributed by atoms with E-state index in [1.807, 2.05) is 6.92 Å². The highest BCUT2D eigenvalue weighted by Crippen LogP contribution is 2.29. The lowest BCUT2D eigenvalue weighted by atomic mass is 9.79. The van der Waals surface area contributed by atoms with Crippen molar-refractivity contribution in [2.24, 2.45) is 17.8 Å². The van der Waals surface area contributed by atoms with Crippen molar-refractivity contribution in [2.75, 3.05) is 19.6 Å². The second-order valence-electron chi connectivity index (χ2n) is 6.45. The quantitative estimate of drug-likeness (QED) is 0.732. The number of carboxylic acids is 1. The molecule has 0 aromatic heterocycles. The van der Waals surface area contributed by atoms with E-state index in [1.54, 1.807) is 4.90 Å². The number of aliphatic carboxylic acids is 1. The molecule has 4 unspecified atom stereocenters. The van der Waals surface area contributed by atoms with Crippen molar-refractivity contribution in [3.8, 4) is 0 Å². The summed E-state index contributed by atoms with van der Waals surface area (Å²) in [6.45, 7) is 3.49. The number of nitrogens with one attached hydrogen (secondary N) is 1. The number of carboxylic acid groups (broad SMARTS) is 1. The summed E-state index contributed by atoms with van der Waals surface area (Å²) >= 11 is 0. The zero-order chi connectivity index (χ0) is 15.4. The Hall–Kier alpha value is -1.30. The molecule has 1 saturated heterocycles.